The average molecular weight is 345 g/mol. The molecule has 9 nitrogen and oxygen atoms in total. The number of benzene rings is 1. The molecule has 25 heavy (non-hydrogen) atoms. The largest absolute Gasteiger partial charge is 0.464 e. The first kappa shape index (κ1) is 16.5. The second kappa shape index (κ2) is 6.27. The monoisotopic (exact) mass is 345 g/mol. The number of nitrogens with zero attached hydrogens (tertiary/aromatic N) is 3. The molecule has 0 unspecified atom stereocenters. The standard InChI is InChI=1S/C16H15N3O6/c1-10-3-5-12(24-10)8-17(2)15(20)9-18-13-7-11(19(22)23)4-6-14(13)25-16(18)21/h3-7H,8-9H2,1-2H3. The minimum atomic E-state index is -0.744. The SMILES string of the molecule is Cc1ccc(CN(C)C(=O)Cn2c(=O)oc3ccc([N+](=O)[O-])cc32)o1. The Morgan fingerprint density at radius 2 is 2.04 bits per heavy atom. The lowest BCUT2D eigenvalue weighted by molar-refractivity contribution is -0.384. The molecule has 0 aliphatic rings. The second-order valence-electron chi connectivity index (χ2n) is 5.63. The number of aromatic nitrogens is 1. The summed E-state index contributed by atoms with van der Waals surface area (Å²) >= 11 is 0. The third kappa shape index (κ3) is 3.30. The minimum absolute atomic E-state index is 0.186. The fourth-order valence-corrected chi connectivity index (χ4v) is 2.46. The quantitative estimate of drug-likeness (QED) is 0.517. The highest BCUT2D eigenvalue weighted by Gasteiger charge is 2.18. The molecule has 130 valence electrons. The number of hydrogen-bond donors (Lipinski definition) is 0. The number of amides is 1. The van der Waals surface area contributed by atoms with Crippen LogP contribution in [-0.2, 0) is 17.9 Å². The van der Waals surface area contributed by atoms with E-state index in [4.69, 9.17) is 8.83 Å². The Bertz CT molecular complexity index is 1010. The molecule has 3 rings (SSSR count). The summed E-state index contributed by atoms with van der Waals surface area (Å²) in [5, 5.41) is 10.9. The van der Waals surface area contributed by atoms with Gasteiger partial charge in [0, 0.05) is 19.2 Å². The summed E-state index contributed by atoms with van der Waals surface area (Å²) in [6.07, 6.45) is 0. The normalized spacial score (nSPS) is 11.0. The van der Waals surface area contributed by atoms with Crippen LogP contribution in [0.15, 0.2) is 44.0 Å². The Morgan fingerprint density at radius 3 is 2.68 bits per heavy atom. The zero-order valence-corrected chi connectivity index (χ0v) is 13.6. The van der Waals surface area contributed by atoms with Crippen molar-refractivity contribution in [2.45, 2.75) is 20.0 Å². The van der Waals surface area contributed by atoms with E-state index in [-0.39, 0.29) is 35.8 Å². The molecular weight excluding hydrogens is 330 g/mol. The number of aryl methyl sites for hydroxylation is 1. The molecule has 0 N–H and O–H groups in total. The second-order valence-corrected chi connectivity index (χ2v) is 5.63. The molecule has 0 atom stereocenters. The molecule has 0 bridgehead atoms. The molecule has 1 amide bonds. The highest BCUT2D eigenvalue weighted by molar-refractivity contribution is 5.80. The van der Waals surface area contributed by atoms with Gasteiger partial charge in [0.2, 0.25) is 5.91 Å². The lowest BCUT2D eigenvalue weighted by Gasteiger charge is -2.15. The van der Waals surface area contributed by atoms with E-state index in [1.165, 1.54) is 23.1 Å². The van der Waals surface area contributed by atoms with Gasteiger partial charge in [-0.25, -0.2) is 4.79 Å². The average Bonchev–Trinajstić information content (AvgIpc) is 3.10. The number of nitro groups is 1. The van der Waals surface area contributed by atoms with E-state index >= 15 is 0 Å². The van der Waals surface area contributed by atoms with E-state index in [0.717, 1.165) is 10.3 Å². The molecule has 0 saturated heterocycles. The van der Waals surface area contributed by atoms with Crippen LogP contribution in [0.25, 0.3) is 11.1 Å². The Hall–Kier alpha value is -3.36. The number of likely N-dealkylation sites (N-methyl/N-ethyl adjacent to an activating group) is 1. The minimum Gasteiger partial charge on any atom is -0.464 e. The Morgan fingerprint density at radius 1 is 1.28 bits per heavy atom. The maximum Gasteiger partial charge on any atom is 0.420 e. The van der Waals surface area contributed by atoms with E-state index in [1.54, 1.807) is 26.1 Å². The summed E-state index contributed by atoms with van der Waals surface area (Å²) in [5.41, 5.74) is 0.205. The zero-order chi connectivity index (χ0) is 18.1. The summed E-state index contributed by atoms with van der Waals surface area (Å²) in [6.45, 7) is 1.76. The summed E-state index contributed by atoms with van der Waals surface area (Å²) < 4.78 is 11.5. The summed E-state index contributed by atoms with van der Waals surface area (Å²) in [5.74, 6) is 0.255. The van der Waals surface area contributed by atoms with Gasteiger partial charge in [0.05, 0.1) is 17.0 Å². The van der Waals surface area contributed by atoms with Crippen LogP contribution in [0, 0.1) is 17.0 Å². The topological polar surface area (TPSA) is 112 Å². The Kier molecular flexibility index (Phi) is 4.14. The number of fused-ring (bicyclic) bond motifs is 1. The van der Waals surface area contributed by atoms with Crippen molar-refractivity contribution in [1.29, 1.82) is 0 Å². The number of carbonyl (C=O) groups is 1. The van der Waals surface area contributed by atoms with Crippen LogP contribution in [0.5, 0.6) is 0 Å². The van der Waals surface area contributed by atoms with E-state index in [2.05, 4.69) is 0 Å². The highest BCUT2D eigenvalue weighted by atomic mass is 16.6. The summed E-state index contributed by atoms with van der Waals surface area (Å²) in [6, 6.07) is 7.35. The first-order chi connectivity index (χ1) is 11.8. The van der Waals surface area contributed by atoms with Gasteiger partial charge in [-0.1, -0.05) is 0 Å². The van der Waals surface area contributed by atoms with Gasteiger partial charge in [-0.3, -0.25) is 19.5 Å². The van der Waals surface area contributed by atoms with Gasteiger partial charge < -0.3 is 13.7 Å². The predicted octanol–water partition coefficient (Wildman–Crippen LogP) is 2.06. The summed E-state index contributed by atoms with van der Waals surface area (Å²) in [7, 11) is 1.58. The van der Waals surface area contributed by atoms with Crippen LogP contribution in [0.4, 0.5) is 5.69 Å². The van der Waals surface area contributed by atoms with Crippen LogP contribution in [0.2, 0.25) is 0 Å². The smallest absolute Gasteiger partial charge is 0.420 e. The van der Waals surface area contributed by atoms with Gasteiger partial charge >= 0.3 is 5.76 Å². The third-order valence-electron chi connectivity index (χ3n) is 3.77. The van der Waals surface area contributed by atoms with Crippen molar-refractivity contribution in [3.05, 3.63) is 62.5 Å². The van der Waals surface area contributed by atoms with Crippen molar-refractivity contribution in [3.8, 4) is 0 Å². The fraction of sp³-hybridized carbons (Fsp3) is 0.250. The van der Waals surface area contributed by atoms with Crippen molar-refractivity contribution in [3.63, 3.8) is 0 Å². The zero-order valence-electron chi connectivity index (χ0n) is 13.6. The first-order valence-corrected chi connectivity index (χ1v) is 7.42. The van der Waals surface area contributed by atoms with E-state index < -0.39 is 10.7 Å². The van der Waals surface area contributed by atoms with Gasteiger partial charge in [0.1, 0.15) is 18.1 Å². The van der Waals surface area contributed by atoms with Crippen LogP contribution in [-0.4, -0.2) is 27.3 Å². The number of nitro benzene ring substituents is 1. The molecule has 1 aromatic carbocycles. The van der Waals surface area contributed by atoms with Gasteiger partial charge in [0.25, 0.3) is 5.69 Å². The molecule has 0 radical (unpaired) electrons. The Labute approximate surface area is 141 Å². The number of oxazole rings is 1. The van der Waals surface area contributed by atoms with Gasteiger partial charge in [-0.15, -0.1) is 0 Å². The molecule has 2 aromatic heterocycles. The van der Waals surface area contributed by atoms with Crippen molar-refractivity contribution < 1.29 is 18.6 Å². The molecule has 2 heterocycles. The molecule has 0 spiro atoms. The van der Waals surface area contributed by atoms with E-state index in [9.17, 15) is 19.7 Å². The molecule has 0 saturated carbocycles. The van der Waals surface area contributed by atoms with E-state index in [1.807, 2.05) is 0 Å². The fourth-order valence-electron chi connectivity index (χ4n) is 2.46. The van der Waals surface area contributed by atoms with Crippen molar-refractivity contribution in [1.82, 2.24) is 9.47 Å². The van der Waals surface area contributed by atoms with E-state index in [0.29, 0.717) is 5.76 Å². The van der Waals surface area contributed by atoms with Crippen LogP contribution < -0.4 is 5.76 Å². The van der Waals surface area contributed by atoms with Crippen molar-refractivity contribution >= 4 is 22.7 Å². The van der Waals surface area contributed by atoms with Crippen LogP contribution >= 0.6 is 0 Å². The number of rotatable bonds is 5. The molecule has 3 aromatic rings. The molecule has 9 heteroatoms. The predicted molar refractivity (Wildman–Crippen MR) is 87.0 cm³/mol. The molecule has 0 aliphatic heterocycles. The molecule has 0 aliphatic carbocycles. The maximum absolute atomic E-state index is 12.4. The summed E-state index contributed by atoms with van der Waals surface area (Å²) in [4.78, 5) is 36.1. The van der Waals surface area contributed by atoms with Crippen molar-refractivity contribution in [2.75, 3.05) is 7.05 Å². The lowest BCUT2D eigenvalue weighted by Crippen LogP contribution is -2.32. The van der Waals surface area contributed by atoms with Gasteiger partial charge in [-0.2, -0.15) is 0 Å². The third-order valence-corrected chi connectivity index (χ3v) is 3.77. The number of hydrogen-bond acceptors (Lipinski definition) is 6. The van der Waals surface area contributed by atoms with Gasteiger partial charge in [0.15, 0.2) is 5.58 Å². The number of non-ortho nitro benzene ring substituents is 1. The lowest BCUT2D eigenvalue weighted by atomic mass is 10.3. The maximum atomic E-state index is 12.4. The highest BCUT2D eigenvalue weighted by Crippen LogP contribution is 2.20. The number of furan rings is 1. The Balaban J connectivity index is 1.85. The van der Waals surface area contributed by atoms with Crippen molar-refractivity contribution in [2.24, 2.45) is 0 Å². The first-order valence-electron chi connectivity index (χ1n) is 7.42. The molecular formula is C16H15N3O6. The van der Waals surface area contributed by atoms with Crippen LogP contribution in [0.3, 0.4) is 0 Å². The van der Waals surface area contributed by atoms with Gasteiger partial charge in [-0.05, 0) is 25.1 Å². The molecule has 0 fully saturated rings. The van der Waals surface area contributed by atoms with Crippen LogP contribution in [0.1, 0.15) is 11.5 Å². The number of carbonyl (C=O) groups excluding carboxylic acids is 1.